The Labute approximate surface area is 171 Å². The third-order valence-corrected chi connectivity index (χ3v) is 5.05. The van der Waals surface area contributed by atoms with Gasteiger partial charge in [-0.2, -0.15) is 0 Å². The average Bonchev–Trinajstić information content (AvgIpc) is 2.77. The Morgan fingerprint density at radius 1 is 0.793 bits per heavy atom. The van der Waals surface area contributed by atoms with Crippen molar-refractivity contribution in [3.05, 3.63) is 84.4 Å². The number of anilines is 2. The van der Waals surface area contributed by atoms with Gasteiger partial charge in [0.25, 0.3) is 0 Å². The lowest BCUT2D eigenvalue weighted by molar-refractivity contribution is 0.208. The molecule has 0 radical (unpaired) electrons. The molecule has 3 aromatic carbocycles. The van der Waals surface area contributed by atoms with Crippen LogP contribution in [0.4, 0.5) is 16.2 Å². The van der Waals surface area contributed by atoms with E-state index in [2.05, 4.69) is 22.3 Å². The van der Waals surface area contributed by atoms with Gasteiger partial charge in [-0.25, -0.2) is 4.79 Å². The van der Waals surface area contributed by atoms with Crippen LogP contribution in [0.1, 0.15) is 5.56 Å². The second kappa shape index (κ2) is 8.69. The van der Waals surface area contributed by atoms with E-state index in [0.29, 0.717) is 13.1 Å². The van der Waals surface area contributed by atoms with Gasteiger partial charge in [0.2, 0.25) is 0 Å². The zero-order chi connectivity index (χ0) is 20.1. The first kappa shape index (κ1) is 18.9. The lowest BCUT2D eigenvalue weighted by Crippen LogP contribution is -2.50. The van der Waals surface area contributed by atoms with Gasteiger partial charge in [0.1, 0.15) is 11.5 Å². The lowest BCUT2D eigenvalue weighted by Gasteiger charge is -2.36. The van der Waals surface area contributed by atoms with Gasteiger partial charge in [-0.3, -0.25) is 0 Å². The number of para-hydroxylation sites is 1. The van der Waals surface area contributed by atoms with E-state index in [1.807, 2.05) is 78.6 Å². The summed E-state index contributed by atoms with van der Waals surface area (Å²) in [5.74, 6) is 1.64. The van der Waals surface area contributed by atoms with Gasteiger partial charge in [0.15, 0.2) is 0 Å². The zero-order valence-corrected chi connectivity index (χ0v) is 16.5. The van der Waals surface area contributed by atoms with E-state index in [9.17, 15) is 4.79 Å². The molecular weight excluding hydrogens is 362 g/mol. The molecule has 1 aliphatic rings. The topological polar surface area (TPSA) is 44.8 Å². The second-order valence-corrected chi connectivity index (χ2v) is 7.18. The summed E-state index contributed by atoms with van der Waals surface area (Å²) in [6, 6.07) is 25.7. The van der Waals surface area contributed by atoms with E-state index >= 15 is 0 Å². The SMILES string of the molecule is Cc1ccc(NC(=O)N2CCN(c3ccc(Oc4ccccc4)cc3)CC2)cc1. The number of hydrogen-bond acceptors (Lipinski definition) is 3. The molecule has 3 aromatic rings. The van der Waals surface area contributed by atoms with Crippen molar-refractivity contribution in [2.24, 2.45) is 0 Å². The van der Waals surface area contributed by atoms with Gasteiger partial charge >= 0.3 is 6.03 Å². The Bertz CT molecular complexity index is 932. The van der Waals surface area contributed by atoms with Crippen molar-refractivity contribution in [1.29, 1.82) is 0 Å². The highest BCUT2D eigenvalue weighted by molar-refractivity contribution is 5.89. The maximum atomic E-state index is 12.5. The zero-order valence-electron chi connectivity index (χ0n) is 16.5. The number of ether oxygens (including phenoxy) is 1. The highest BCUT2D eigenvalue weighted by atomic mass is 16.5. The summed E-state index contributed by atoms with van der Waals surface area (Å²) < 4.78 is 5.85. The molecule has 0 saturated carbocycles. The fraction of sp³-hybridized carbons (Fsp3) is 0.208. The molecule has 0 spiro atoms. The predicted molar refractivity (Wildman–Crippen MR) is 117 cm³/mol. The van der Waals surface area contributed by atoms with Crippen LogP contribution in [0.3, 0.4) is 0 Å². The molecule has 1 aliphatic heterocycles. The maximum absolute atomic E-state index is 12.5. The van der Waals surface area contributed by atoms with Crippen LogP contribution in [0.2, 0.25) is 0 Å². The number of nitrogens with zero attached hydrogens (tertiary/aromatic N) is 2. The van der Waals surface area contributed by atoms with Crippen LogP contribution in [-0.2, 0) is 0 Å². The summed E-state index contributed by atoms with van der Waals surface area (Å²) in [5, 5.41) is 2.98. The standard InChI is InChI=1S/C24H25N3O2/c1-19-7-9-20(10-8-19)25-24(28)27-17-15-26(16-18-27)21-11-13-23(14-12-21)29-22-5-3-2-4-6-22/h2-14H,15-18H2,1H3,(H,25,28). The number of nitrogens with one attached hydrogen (secondary N) is 1. The molecule has 1 saturated heterocycles. The summed E-state index contributed by atoms with van der Waals surface area (Å²) >= 11 is 0. The van der Waals surface area contributed by atoms with Crippen LogP contribution in [0.15, 0.2) is 78.9 Å². The molecular formula is C24H25N3O2. The number of amides is 2. The largest absolute Gasteiger partial charge is 0.457 e. The Kier molecular flexibility index (Phi) is 5.66. The number of carbonyl (C=O) groups excluding carboxylic acids is 1. The average molecular weight is 387 g/mol. The molecule has 1 N–H and O–H groups in total. The summed E-state index contributed by atoms with van der Waals surface area (Å²) in [7, 11) is 0. The van der Waals surface area contributed by atoms with Crippen LogP contribution in [0, 0.1) is 6.92 Å². The van der Waals surface area contributed by atoms with E-state index in [0.717, 1.165) is 36.0 Å². The van der Waals surface area contributed by atoms with Crippen molar-refractivity contribution < 1.29 is 9.53 Å². The quantitative estimate of drug-likeness (QED) is 0.674. The highest BCUT2D eigenvalue weighted by Gasteiger charge is 2.21. The monoisotopic (exact) mass is 387 g/mol. The lowest BCUT2D eigenvalue weighted by atomic mass is 10.2. The molecule has 1 fully saturated rings. The van der Waals surface area contributed by atoms with Crippen LogP contribution >= 0.6 is 0 Å². The van der Waals surface area contributed by atoms with E-state index in [1.54, 1.807) is 0 Å². The van der Waals surface area contributed by atoms with E-state index in [4.69, 9.17) is 4.74 Å². The molecule has 0 aliphatic carbocycles. The fourth-order valence-corrected chi connectivity index (χ4v) is 3.36. The Morgan fingerprint density at radius 2 is 1.41 bits per heavy atom. The van der Waals surface area contributed by atoms with Gasteiger partial charge in [0.05, 0.1) is 0 Å². The van der Waals surface area contributed by atoms with Gasteiger partial charge in [-0.1, -0.05) is 35.9 Å². The Morgan fingerprint density at radius 3 is 2.07 bits per heavy atom. The Balaban J connectivity index is 1.30. The van der Waals surface area contributed by atoms with Gasteiger partial charge in [-0.05, 0) is 55.5 Å². The van der Waals surface area contributed by atoms with Crippen molar-refractivity contribution in [1.82, 2.24) is 4.90 Å². The third kappa shape index (κ3) is 4.88. The van der Waals surface area contributed by atoms with Gasteiger partial charge in [0, 0.05) is 37.6 Å². The molecule has 0 unspecified atom stereocenters. The van der Waals surface area contributed by atoms with Crippen LogP contribution in [0.25, 0.3) is 0 Å². The van der Waals surface area contributed by atoms with Crippen molar-refractivity contribution in [2.75, 3.05) is 36.4 Å². The third-order valence-electron chi connectivity index (χ3n) is 5.05. The summed E-state index contributed by atoms with van der Waals surface area (Å²) in [6.07, 6.45) is 0. The van der Waals surface area contributed by atoms with E-state index in [-0.39, 0.29) is 6.03 Å². The number of piperazine rings is 1. The molecule has 5 nitrogen and oxygen atoms in total. The Hall–Kier alpha value is -3.47. The minimum absolute atomic E-state index is 0.0416. The number of urea groups is 1. The number of benzene rings is 3. The summed E-state index contributed by atoms with van der Waals surface area (Å²) in [6.45, 7) is 5.03. The normalized spacial score (nSPS) is 13.8. The predicted octanol–water partition coefficient (Wildman–Crippen LogP) is 5.14. The fourth-order valence-electron chi connectivity index (χ4n) is 3.36. The van der Waals surface area contributed by atoms with E-state index in [1.165, 1.54) is 5.56 Å². The molecule has 2 amide bonds. The van der Waals surface area contributed by atoms with Gasteiger partial charge in [-0.15, -0.1) is 0 Å². The maximum Gasteiger partial charge on any atom is 0.321 e. The van der Waals surface area contributed by atoms with Crippen LogP contribution < -0.4 is 15.0 Å². The highest BCUT2D eigenvalue weighted by Crippen LogP contribution is 2.25. The van der Waals surface area contributed by atoms with Crippen molar-refractivity contribution in [3.63, 3.8) is 0 Å². The first-order chi connectivity index (χ1) is 14.2. The minimum atomic E-state index is -0.0416. The molecule has 0 aromatic heterocycles. The number of aryl methyl sites for hydroxylation is 1. The molecule has 29 heavy (non-hydrogen) atoms. The van der Waals surface area contributed by atoms with Crippen molar-refractivity contribution in [2.45, 2.75) is 6.92 Å². The minimum Gasteiger partial charge on any atom is -0.457 e. The second-order valence-electron chi connectivity index (χ2n) is 7.18. The van der Waals surface area contributed by atoms with Crippen LogP contribution in [0.5, 0.6) is 11.5 Å². The molecule has 0 atom stereocenters. The molecule has 5 heteroatoms. The van der Waals surface area contributed by atoms with Crippen LogP contribution in [-0.4, -0.2) is 37.1 Å². The van der Waals surface area contributed by atoms with Gasteiger partial charge < -0.3 is 19.9 Å². The summed E-state index contributed by atoms with van der Waals surface area (Å²) in [5.41, 5.74) is 3.15. The number of hydrogen-bond donors (Lipinski definition) is 1. The smallest absolute Gasteiger partial charge is 0.321 e. The molecule has 0 bridgehead atoms. The molecule has 4 rings (SSSR count). The first-order valence-corrected chi connectivity index (χ1v) is 9.88. The van der Waals surface area contributed by atoms with E-state index < -0.39 is 0 Å². The number of rotatable bonds is 4. The number of carbonyl (C=O) groups is 1. The molecule has 1 heterocycles. The van der Waals surface area contributed by atoms with Crippen molar-refractivity contribution >= 4 is 17.4 Å². The van der Waals surface area contributed by atoms with Crippen molar-refractivity contribution in [3.8, 4) is 11.5 Å². The first-order valence-electron chi connectivity index (χ1n) is 9.88. The molecule has 148 valence electrons. The summed E-state index contributed by atoms with van der Waals surface area (Å²) in [4.78, 5) is 16.7.